The summed E-state index contributed by atoms with van der Waals surface area (Å²) in [5.41, 5.74) is 2.12. The number of hydrogen-bond acceptors (Lipinski definition) is 3. The Morgan fingerprint density at radius 1 is 0.960 bits per heavy atom. The molecule has 1 amide bonds. The van der Waals surface area contributed by atoms with Gasteiger partial charge in [-0.3, -0.25) is 4.79 Å². The first kappa shape index (κ1) is 18.8. The van der Waals surface area contributed by atoms with Gasteiger partial charge in [-0.05, 0) is 49.1 Å². The molecular weight excluding hydrogens is 314 g/mol. The van der Waals surface area contributed by atoms with Crippen molar-refractivity contribution in [3.05, 3.63) is 59.7 Å². The number of para-hydroxylation sites is 1. The average Bonchev–Trinajstić information content (AvgIpc) is 2.61. The number of carbonyl (C=O) groups excluding carboxylic acids is 1. The first-order chi connectivity index (χ1) is 11.9. The summed E-state index contributed by atoms with van der Waals surface area (Å²) in [6.45, 7) is 7.94. The molecule has 0 aliphatic carbocycles. The van der Waals surface area contributed by atoms with E-state index in [4.69, 9.17) is 9.47 Å². The number of carbonyl (C=O) groups is 1. The predicted octanol–water partition coefficient (Wildman–Crippen LogP) is 4.46. The molecule has 0 saturated carbocycles. The van der Waals surface area contributed by atoms with Crippen LogP contribution in [0.15, 0.2) is 48.5 Å². The number of amides is 1. The summed E-state index contributed by atoms with van der Waals surface area (Å²) in [7, 11) is 1.63. The number of benzene rings is 2. The second-order valence-electron chi connectivity index (χ2n) is 6.46. The molecule has 0 aliphatic rings. The summed E-state index contributed by atoms with van der Waals surface area (Å²) in [5, 5.41) is 3.00. The lowest BCUT2D eigenvalue weighted by Crippen LogP contribution is -2.37. The highest BCUT2D eigenvalue weighted by molar-refractivity contribution is 5.81. The van der Waals surface area contributed by atoms with Gasteiger partial charge in [0.15, 0.2) is 6.10 Å². The van der Waals surface area contributed by atoms with Crippen LogP contribution in [0.4, 0.5) is 0 Å². The maximum atomic E-state index is 12.5. The van der Waals surface area contributed by atoms with Crippen LogP contribution in [0, 0.1) is 0 Å². The Morgan fingerprint density at radius 2 is 1.60 bits per heavy atom. The monoisotopic (exact) mass is 341 g/mol. The minimum atomic E-state index is -0.569. The van der Waals surface area contributed by atoms with Crippen LogP contribution >= 0.6 is 0 Å². The van der Waals surface area contributed by atoms with Gasteiger partial charge in [0.1, 0.15) is 11.5 Å². The number of hydrogen-bond donors (Lipinski definition) is 1. The van der Waals surface area contributed by atoms with Crippen LogP contribution in [-0.2, 0) is 4.79 Å². The molecule has 0 aromatic heterocycles. The van der Waals surface area contributed by atoms with Gasteiger partial charge in [-0.25, -0.2) is 0 Å². The first-order valence-electron chi connectivity index (χ1n) is 8.62. The molecule has 4 heteroatoms. The van der Waals surface area contributed by atoms with Crippen LogP contribution in [0.2, 0.25) is 0 Å². The first-order valence-corrected chi connectivity index (χ1v) is 8.62. The minimum absolute atomic E-state index is 0.107. The van der Waals surface area contributed by atoms with Crippen LogP contribution < -0.4 is 14.8 Å². The highest BCUT2D eigenvalue weighted by Crippen LogP contribution is 2.27. The van der Waals surface area contributed by atoms with Gasteiger partial charge < -0.3 is 14.8 Å². The van der Waals surface area contributed by atoms with E-state index >= 15 is 0 Å². The van der Waals surface area contributed by atoms with Crippen molar-refractivity contribution in [3.63, 3.8) is 0 Å². The lowest BCUT2D eigenvalue weighted by Gasteiger charge is -2.21. The topological polar surface area (TPSA) is 47.6 Å². The van der Waals surface area contributed by atoms with E-state index in [1.807, 2.05) is 55.5 Å². The highest BCUT2D eigenvalue weighted by atomic mass is 16.5. The number of rotatable bonds is 7. The number of nitrogens with one attached hydrogen (secondary N) is 1. The van der Waals surface area contributed by atoms with Crippen LogP contribution in [-0.4, -0.2) is 19.1 Å². The van der Waals surface area contributed by atoms with E-state index in [9.17, 15) is 4.79 Å². The third kappa shape index (κ3) is 4.99. The maximum Gasteiger partial charge on any atom is 0.261 e. The molecule has 2 unspecified atom stereocenters. The molecule has 2 aromatic carbocycles. The zero-order chi connectivity index (χ0) is 18.4. The van der Waals surface area contributed by atoms with E-state index in [-0.39, 0.29) is 11.9 Å². The van der Waals surface area contributed by atoms with Gasteiger partial charge in [0.25, 0.3) is 5.91 Å². The fraction of sp³-hybridized carbons (Fsp3) is 0.381. The van der Waals surface area contributed by atoms with Crippen molar-refractivity contribution in [3.8, 4) is 11.5 Å². The summed E-state index contributed by atoms with van der Waals surface area (Å²) < 4.78 is 11.1. The molecule has 1 N–H and O–H groups in total. The van der Waals surface area contributed by atoms with Crippen molar-refractivity contribution in [1.82, 2.24) is 5.32 Å². The number of ether oxygens (including phenoxy) is 2. The Morgan fingerprint density at radius 3 is 2.20 bits per heavy atom. The van der Waals surface area contributed by atoms with E-state index in [1.165, 1.54) is 0 Å². The van der Waals surface area contributed by atoms with Gasteiger partial charge in [-0.2, -0.15) is 0 Å². The largest absolute Gasteiger partial charge is 0.497 e. The molecule has 0 aliphatic heterocycles. The Balaban J connectivity index is 2.00. The summed E-state index contributed by atoms with van der Waals surface area (Å²) in [6, 6.07) is 15.4. The van der Waals surface area contributed by atoms with Crippen molar-refractivity contribution >= 4 is 5.91 Å². The molecule has 0 fully saturated rings. The van der Waals surface area contributed by atoms with Crippen molar-refractivity contribution in [2.45, 2.75) is 45.8 Å². The summed E-state index contributed by atoms with van der Waals surface area (Å²) >= 11 is 0. The molecule has 0 radical (unpaired) electrons. The van der Waals surface area contributed by atoms with Crippen molar-refractivity contribution in [2.24, 2.45) is 0 Å². The van der Waals surface area contributed by atoms with Gasteiger partial charge >= 0.3 is 0 Å². The normalized spacial score (nSPS) is 13.2. The highest BCUT2D eigenvalue weighted by Gasteiger charge is 2.19. The van der Waals surface area contributed by atoms with Crippen LogP contribution in [0.5, 0.6) is 11.5 Å². The molecule has 4 nitrogen and oxygen atoms in total. The molecule has 0 heterocycles. The average molecular weight is 341 g/mol. The Labute approximate surface area is 150 Å². The van der Waals surface area contributed by atoms with Gasteiger partial charge in [-0.1, -0.05) is 44.2 Å². The molecule has 2 rings (SSSR count). The fourth-order valence-electron chi connectivity index (χ4n) is 2.62. The second kappa shape index (κ2) is 8.56. The lowest BCUT2D eigenvalue weighted by molar-refractivity contribution is -0.127. The smallest absolute Gasteiger partial charge is 0.261 e. The molecule has 2 aromatic rings. The van der Waals surface area contributed by atoms with Crippen molar-refractivity contribution in [2.75, 3.05) is 7.11 Å². The Hall–Kier alpha value is -2.49. The van der Waals surface area contributed by atoms with E-state index in [0.29, 0.717) is 5.92 Å². The maximum absolute atomic E-state index is 12.5. The molecule has 0 saturated heterocycles. The molecular formula is C21H27NO3. The van der Waals surface area contributed by atoms with E-state index < -0.39 is 6.10 Å². The third-order valence-corrected chi connectivity index (χ3v) is 4.19. The van der Waals surface area contributed by atoms with Gasteiger partial charge in [0.2, 0.25) is 0 Å². The molecule has 25 heavy (non-hydrogen) atoms. The van der Waals surface area contributed by atoms with E-state index in [2.05, 4.69) is 19.2 Å². The predicted molar refractivity (Wildman–Crippen MR) is 100 cm³/mol. The summed E-state index contributed by atoms with van der Waals surface area (Å²) in [5.74, 6) is 1.76. The zero-order valence-corrected chi connectivity index (χ0v) is 15.6. The standard InChI is InChI=1S/C21H27NO3/c1-14(2)19-8-6-7-9-20(19)25-16(4)21(23)22-15(3)17-10-12-18(24-5)13-11-17/h6-16H,1-5H3,(H,22,23). The van der Waals surface area contributed by atoms with E-state index in [0.717, 1.165) is 22.6 Å². The Kier molecular flexibility index (Phi) is 6.45. The Bertz CT molecular complexity index is 695. The van der Waals surface area contributed by atoms with Gasteiger partial charge in [-0.15, -0.1) is 0 Å². The van der Waals surface area contributed by atoms with E-state index in [1.54, 1.807) is 14.0 Å². The minimum Gasteiger partial charge on any atom is -0.497 e. The summed E-state index contributed by atoms with van der Waals surface area (Å²) in [6.07, 6.45) is -0.569. The van der Waals surface area contributed by atoms with Crippen LogP contribution in [0.3, 0.4) is 0 Å². The number of methoxy groups -OCH3 is 1. The van der Waals surface area contributed by atoms with Gasteiger partial charge in [0.05, 0.1) is 13.2 Å². The zero-order valence-electron chi connectivity index (χ0n) is 15.6. The third-order valence-electron chi connectivity index (χ3n) is 4.19. The van der Waals surface area contributed by atoms with Crippen LogP contribution in [0.25, 0.3) is 0 Å². The molecule has 0 bridgehead atoms. The van der Waals surface area contributed by atoms with Crippen molar-refractivity contribution < 1.29 is 14.3 Å². The quantitative estimate of drug-likeness (QED) is 0.808. The van der Waals surface area contributed by atoms with Crippen molar-refractivity contribution in [1.29, 1.82) is 0 Å². The van der Waals surface area contributed by atoms with Crippen LogP contribution in [0.1, 0.15) is 50.8 Å². The molecule has 0 spiro atoms. The van der Waals surface area contributed by atoms with Gasteiger partial charge in [0, 0.05) is 0 Å². The fourth-order valence-corrected chi connectivity index (χ4v) is 2.62. The summed E-state index contributed by atoms with van der Waals surface area (Å²) in [4.78, 5) is 12.5. The second-order valence-corrected chi connectivity index (χ2v) is 6.46. The SMILES string of the molecule is COc1ccc(C(C)NC(=O)C(C)Oc2ccccc2C(C)C)cc1. The lowest BCUT2D eigenvalue weighted by atomic mass is 10.0. The molecule has 134 valence electrons. The molecule has 2 atom stereocenters.